The van der Waals surface area contributed by atoms with Gasteiger partial charge in [0.1, 0.15) is 0 Å². The molecule has 0 aromatic heterocycles. The molecule has 0 saturated carbocycles. The van der Waals surface area contributed by atoms with Crippen LogP contribution < -0.4 is 5.32 Å². The van der Waals surface area contributed by atoms with E-state index >= 15 is 0 Å². The average molecular weight is 327 g/mol. The van der Waals surface area contributed by atoms with Crippen LogP contribution in [0, 0.1) is 0 Å². The molecule has 2 rings (SSSR count). The van der Waals surface area contributed by atoms with Gasteiger partial charge in [0.25, 0.3) is 5.91 Å². The summed E-state index contributed by atoms with van der Waals surface area (Å²) in [6, 6.07) is 13.8. The normalized spacial score (nSPS) is 11.2. The van der Waals surface area contributed by atoms with Crippen LogP contribution in [0.2, 0.25) is 0 Å². The highest BCUT2D eigenvalue weighted by molar-refractivity contribution is 5.98. The first-order valence-corrected chi connectivity index (χ1v) is 7.19. The predicted octanol–water partition coefficient (Wildman–Crippen LogP) is 2.12. The molecule has 1 N–H and O–H groups in total. The molecule has 0 aliphatic carbocycles. The average Bonchev–Trinajstić information content (AvgIpc) is 2.65. The van der Waals surface area contributed by atoms with Gasteiger partial charge in [-0.3, -0.25) is 4.79 Å². The third-order valence-electron chi connectivity index (χ3n) is 3.41. The van der Waals surface area contributed by atoms with Crippen molar-refractivity contribution >= 4 is 17.8 Å². The summed E-state index contributed by atoms with van der Waals surface area (Å²) in [6.07, 6.45) is 0. The van der Waals surface area contributed by atoms with Crippen molar-refractivity contribution in [1.29, 1.82) is 0 Å². The first kappa shape index (κ1) is 17.2. The Morgan fingerprint density at radius 1 is 0.833 bits per heavy atom. The van der Waals surface area contributed by atoms with Crippen LogP contribution in [0.3, 0.4) is 0 Å². The van der Waals surface area contributed by atoms with Gasteiger partial charge in [0.15, 0.2) is 6.04 Å². The van der Waals surface area contributed by atoms with Crippen molar-refractivity contribution in [3.63, 3.8) is 0 Å². The number of hydrogen-bond donors (Lipinski definition) is 1. The van der Waals surface area contributed by atoms with Crippen molar-refractivity contribution in [2.45, 2.75) is 6.04 Å². The molecule has 6 heteroatoms. The van der Waals surface area contributed by atoms with Gasteiger partial charge in [-0.25, -0.2) is 9.59 Å². The number of nitrogens with one attached hydrogen (secondary N) is 1. The third kappa shape index (κ3) is 3.98. The Morgan fingerprint density at radius 2 is 1.42 bits per heavy atom. The molecule has 0 unspecified atom stereocenters. The Kier molecular flexibility index (Phi) is 5.68. The molecular formula is C18H17NO5. The fourth-order valence-electron chi connectivity index (χ4n) is 2.13. The molecule has 0 spiro atoms. The molecule has 0 aliphatic heterocycles. The second kappa shape index (κ2) is 7.92. The Balaban J connectivity index is 2.18. The molecule has 2 aromatic rings. The van der Waals surface area contributed by atoms with Gasteiger partial charge in [-0.2, -0.15) is 0 Å². The van der Waals surface area contributed by atoms with E-state index in [0.717, 1.165) is 0 Å². The van der Waals surface area contributed by atoms with Crippen LogP contribution in [0.1, 0.15) is 32.3 Å². The SMILES string of the molecule is COC(=O)c1ccc(C(=O)N[C@H](C(=O)OC)c2ccccc2)cc1. The predicted molar refractivity (Wildman–Crippen MR) is 86.4 cm³/mol. The molecule has 24 heavy (non-hydrogen) atoms. The highest BCUT2D eigenvalue weighted by Gasteiger charge is 2.24. The van der Waals surface area contributed by atoms with Gasteiger partial charge in [-0.05, 0) is 29.8 Å². The van der Waals surface area contributed by atoms with Gasteiger partial charge in [0.05, 0.1) is 19.8 Å². The molecule has 0 radical (unpaired) electrons. The standard InChI is InChI=1S/C18H17NO5/c1-23-17(21)14-10-8-13(9-11-14)16(20)19-15(18(22)24-2)12-6-4-3-5-7-12/h3-11,15H,1-2H3,(H,19,20)/t15-/m0/s1. The molecule has 6 nitrogen and oxygen atoms in total. The topological polar surface area (TPSA) is 81.7 Å². The lowest BCUT2D eigenvalue weighted by Gasteiger charge is -2.17. The summed E-state index contributed by atoms with van der Waals surface area (Å²) in [5, 5.41) is 2.63. The number of rotatable bonds is 5. The number of methoxy groups -OCH3 is 2. The van der Waals surface area contributed by atoms with Crippen molar-refractivity contribution in [2.24, 2.45) is 0 Å². The van der Waals surface area contributed by atoms with Crippen LogP contribution in [-0.4, -0.2) is 32.1 Å². The van der Waals surface area contributed by atoms with Gasteiger partial charge < -0.3 is 14.8 Å². The lowest BCUT2D eigenvalue weighted by atomic mass is 10.1. The van der Waals surface area contributed by atoms with Gasteiger partial charge in [0.2, 0.25) is 0 Å². The number of carbonyl (C=O) groups excluding carboxylic acids is 3. The minimum Gasteiger partial charge on any atom is -0.467 e. The van der Waals surface area contributed by atoms with Crippen LogP contribution in [-0.2, 0) is 14.3 Å². The Bertz CT molecular complexity index is 725. The van der Waals surface area contributed by atoms with Crippen LogP contribution in [0.4, 0.5) is 0 Å². The quantitative estimate of drug-likeness (QED) is 0.851. The molecule has 0 aliphatic rings. The molecule has 0 heterocycles. The first-order chi connectivity index (χ1) is 11.6. The number of carbonyl (C=O) groups is 3. The molecule has 1 atom stereocenters. The highest BCUT2D eigenvalue weighted by Crippen LogP contribution is 2.15. The van der Waals surface area contributed by atoms with E-state index in [4.69, 9.17) is 4.74 Å². The van der Waals surface area contributed by atoms with Crippen molar-refractivity contribution in [1.82, 2.24) is 5.32 Å². The summed E-state index contributed by atoms with van der Waals surface area (Å²) in [5.74, 6) is -1.51. The van der Waals surface area contributed by atoms with Gasteiger partial charge in [-0.15, -0.1) is 0 Å². The third-order valence-corrected chi connectivity index (χ3v) is 3.41. The van der Waals surface area contributed by atoms with Crippen molar-refractivity contribution in [3.05, 3.63) is 71.3 Å². The molecule has 124 valence electrons. The maximum atomic E-state index is 12.4. The highest BCUT2D eigenvalue weighted by atomic mass is 16.5. The molecule has 0 bridgehead atoms. The van der Waals surface area contributed by atoms with Crippen molar-refractivity contribution < 1.29 is 23.9 Å². The molecule has 0 saturated heterocycles. The zero-order valence-corrected chi connectivity index (χ0v) is 13.3. The van der Waals surface area contributed by atoms with Crippen molar-refractivity contribution in [2.75, 3.05) is 14.2 Å². The maximum absolute atomic E-state index is 12.4. The number of esters is 2. The van der Waals surface area contributed by atoms with E-state index in [9.17, 15) is 14.4 Å². The minimum atomic E-state index is -0.913. The molecular weight excluding hydrogens is 310 g/mol. The number of benzene rings is 2. The Hall–Kier alpha value is -3.15. The lowest BCUT2D eigenvalue weighted by Crippen LogP contribution is -2.34. The first-order valence-electron chi connectivity index (χ1n) is 7.19. The zero-order chi connectivity index (χ0) is 17.5. The summed E-state index contributed by atoms with van der Waals surface area (Å²) in [5.41, 5.74) is 1.26. The van der Waals surface area contributed by atoms with E-state index < -0.39 is 23.9 Å². The van der Waals surface area contributed by atoms with Gasteiger partial charge >= 0.3 is 11.9 Å². The smallest absolute Gasteiger partial charge is 0.337 e. The Morgan fingerprint density at radius 3 is 1.96 bits per heavy atom. The van der Waals surface area contributed by atoms with E-state index in [-0.39, 0.29) is 0 Å². The second-order valence-electron chi connectivity index (χ2n) is 4.91. The molecule has 1 amide bonds. The fraction of sp³-hybridized carbons (Fsp3) is 0.167. The fourth-order valence-corrected chi connectivity index (χ4v) is 2.13. The summed E-state index contributed by atoms with van der Waals surface area (Å²) < 4.78 is 9.36. The minimum absolute atomic E-state index is 0.312. The van der Waals surface area contributed by atoms with Gasteiger partial charge in [0, 0.05) is 5.56 Å². The number of hydrogen-bond acceptors (Lipinski definition) is 5. The van der Waals surface area contributed by atoms with Crippen LogP contribution >= 0.6 is 0 Å². The van der Waals surface area contributed by atoms with E-state index in [2.05, 4.69) is 10.1 Å². The lowest BCUT2D eigenvalue weighted by molar-refractivity contribution is -0.143. The zero-order valence-electron chi connectivity index (χ0n) is 13.3. The van der Waals surface area contributed by atoms with Crippen LogP contribution in [0.15, 0.2) is 54.6 Å². The second-order valence-corrected chi connectivity index (χ2v) is 4.91. The van der Waals surface area contributed by atoms with Crippen molar-refractivity contribution in [3.8, 4) is 0 Å². The summed E-state index contributed by atoms with van der Waals surface area (Å²) in [7, 11) is 2.54. The Labute approximate surface area is 139 Å². The largest absolute Gasteiger partial charge is 0.467 e. The summed E-state index contributed by atoms with van der Waals surface area (Å²) >= 11 is 0. The van der Waals surface area contributed by atoms with E-state index in [1.807, 2.05) is 6.07 Å². The molecule has 2 aromatic carbocycles. The van der Waals surface area contributed by atoms with Gasteiger partial charge in [-0.1, -0.05) is 30.3 Å². The van der Waals surface area contributed by atoms with E-state index in [1.165, 1.54) is 38.5 Å². The molecule has 0 fully saturated rings. The monoisotopic (exact) mass is 327 g/mol. The van der Waals surface area contributed by atoms with Crippen LogP contribution in [0.25, 0.3) is 0 Å². The number of amides is 1. The summed E-state index contributed by atoms with van der Waals surface area (Å²) in [6.45, 7) is 0. The number of ether oxygens (including phenoxy) is 2. The van der Waals surface area contributed by atoms with Crippen LogP contribution in [0.5, 0.6) is 0 Å². The summed E-state index contributed by atoms with van der Waals surface area (Å²) in [4.78, 5) is 35.7. The maximum Gasteiger partial charge on any atom is 0.337 e. The van der Waals surface area contributed by atoms with E-state index in [0.29, 0.717) is 16.7 Å². The van der Waals surface area contributed by atoms with E-state index in [1.54, 1.807) is 24.3 Å².